The minimum absolute atomic E-state index is 0.0564. The van der Waals surface area contributed by atoms with Crippen LogP contribution >= 0.6 is 11.6 Å². The van der Waals surface area contributed by atoms with Crippen molar-refractivity contribution in [3.63, 3.8) is 0 Å². The van der Waals surface area contributed by atoms with Crippen LogP contribution in [0.4, 0.5) is 15.9 Å². The number of phenols is 1. The highest BCUT2D eigenvalue weighted by molar-refractivity contribution is 6.33. The quantitative estimate of drug-likeness (QED) is 0.238. The van der Waals surface area contributed by atoms with Gasteiger partial charge in [-0.05, 0) is 62.6 Å². The number of rotatable bonds is 6. The van der Waals surface area contributed by atoms with Gasteiger partial charge in [0.25, 0.3) is 0 Å². The summed E-state index contributed by atoms with van der Waals surface area (Å²) in [7, 11) is 3.80. The molecule has 204 valence electrons. The van der Waals surface area contributed by atoms with Gasteiger partial charge in [-0.25, -0.2) is 9.37 Å². The number of aliphatic imine (C=N–C) groups is 1. The minimum atomic E-state index is -0.660. The smallest absolute Gasteiger partial charge is 0.219 e. The van der Waals surface area contributed by atoms with Crippen LogP contribution in [-0.2, 0) is 4.79 Å². The van der Waals surface area contributed by atoms with Crippen molar-refractivity contribution >= 4 is 35.4 Å². The van der Waals surface area contributed by atoms with E-state index in [4.69, 9.17) is 16.6 Å². The number of hydrogen-bond acceptors (Lipinski definition) is 5. The number of halogens is 2. The average molecular weight is 550 g/mol. The van der Waals surface area contributed by atoms with E-state index in [1.165, 1.54) is 23.1 Å². The number of pyridine rings is 1. The Kier molecular flexibility index (Phi) is 7.86. The summed E-state index contributed by atoms with van der Waals surface area (Å²) in [6.45, 7) is 4.56. The molecule has 1 saturated carbocycles. The lowest BCUT2D eigenvalue weighted by molar-refractivity contribution is -0.106. The predicted octanol–water partition coefficient (Wildman–Crippen LogP) is 5.82. The molecule has 1 unspecified atom stereocenters. The molecule has 0 spiro atoms. The third-order valence-electron chi connectivity index (χ3n) is 7.81. The summed E-state index contributed by atoms with van der Waals surface area (Å²) in [6, 6.07) is 13.7. The van der Waals surface area contributed by atoms with Gasteiger partial charge in [0, 0.05) is 32.7 Å². The average Bonchev–Trinajstić information content (AvgIpc) is 2.87. The second kappa shape index (κ2) is 11.3. The van der Waals surface area contributed by atoms with E-state index >= 15 is 4.39 Å². The van der Waals surface area contributed by atoms with Gasteiger partial charge in [0.15, 0.2) is 5.82 Å². The number of para-hydroxylation sites is 1. The van der Waals surface area contributed by atoms with Crippen LogP contribution in [0, 0.1) is 5.82 Å². The van der Waals surface area contributed by atoms with Gasteiger partial charge in [-0.3, -0.25) is 14.7 Å². The molecule has 3 aromatic rings. The number of aromatic nitrogens is 1. The molecule has 0 bridgehead atoms. The van der Waals surface area contributed by atoms with Gasteiger partial charge in [0.1, 0.15) is 17.4 Å². The maximum Gasteiger partial charge on any atom is 0.219 e. The Balaban J connectivity index is 1.73. The van der Waals surface area contributed by atoms with E-state index in [2.05, 4.69) is 28.8 Å². The van der Waals surface area contributed by atoms with Crippen molar-refractivity contribution in [2.24, 2.45) is 4.99 Å². The van der Waals surface area contributed by atoms with E-state index in [-0.39, 0.29) is 33.9 Å². The van der Waals surface area contributed by atoms with E-state index in [1.807, 2.05) is 24.3 Å². The van der Waals surface area contributed by atoms with Crippen molar-refractivity contribution in [2.75, 3.05) is 38.6 Å². The van der Waals surface area contributed by atoms with Crippen molar-refractivity contribution in [1.82, 2.24) is 14.8 Å². The van der Waals surface area contributed by atoms with Crippen molar-refractivity contribution in [3.05, 3.63) is 70.5 Å². The van der Waals surface area contributed by atoms with Crippen molar-refractivity contribution < 1.29 is 14.3 Å². The fourth-order valence-corrected chi connectivity index (χ4v) is 5.85. The Bertz CT molecular complexity index is 1390. The molecule has 1 aliphatic heterocycles. The minimum Gasteiger partial charge on any atom is -0.507 e. The third-order valence-corrected chi connectivity index (χ3v) is 8.10. The molecule has 1 N–H and O–H groups in total. The number of nitrogens with zero attached hydrogens (tertiary/aromatic N) is 5. The normalized spacial score (nSPS) is 18.6. The number of likely N-dealkylation sites (N-methyl/N-ethyl adjacent to an activating group) is 1. The second-order valence-electron chi connectivity index (χ2n) is 10.3. The summed E-state index contributed by atoms with van der Waals surface area (Å²) in [4.78, 5) is 28.3. The Morgan fingerprint density at radius 1 is 1.21 bits per heavy atom. The first kappa shape index (κ1) is 27.1. The zero-order valence-electron chi connectivity index (χ0n) is 22.4. The molecule has 1 aliphatic carbocycles. The van der Waals surface area contributed by atoms with E-state index in [0.717, 1.165) is 56.6 Å². The molecule has 7 nitrogen and oxygen atoms in total. The molecule has 1 amide bonds. The highest BCUT2D eigenvalue weighted by atomic mass is 35.5. The lowest BCUT2D eigenvalue weighted by atomic mass is 9.79. The first-order valence-corrected chi connectivity index (χ1v) is 13.7. The molecule has 9 heteroatoms. The van der Waals surface area contributed by atoms with Gasteiger partial charge in [-0.1, -0.05) is 42.3 Å². The number of benzene rings is 2. The number of amidine groups is 1. The van der Waals surface area contributed by atoms with E-state index < -0.39 is 5.82 Å². The molecule has 2 fully saturated rings. The summed E-state index contributed by atoms with van der Waals surface area (Å²) in [5, 5.41) is 10.7. The van der Waals surface area contributed by atoms with Gasteiger partial charge >= 0.3 is 0 Å². The highest BCUT2D eigenvalue weighted by Crippen LogP contribution is 2.44. The monoisotopic (exact) mass is 549 g/mol. The largest absolute Gasteiger partial charge is 0.507 e. The Hall–Kier alpha value is -3.49. The third kappa shape index (κ3) is 5.11. The van der Waals surface area contributed by atoms with E-state index in [1.54, 1.807) is 13.1 Å². The highest BCUT2D eigenvalue weighted by Gasteiger charge is 2.32. The van der Waals surface area contributed by atoms with E-state index in [9.17, 15) is 9.90 Å². The summed E-state index contributed by atoms with van der Waals surface area (Å²) >= 11 is 6.76. The van der Waals surface area contributed by atoms with Crippen molar-refractivity contribution in [2.45, 2.75) is 38.1 Å². The van der Waals surface area contributed by atoms with Crippen LogP contribution < -0.4 is 4.90 Å². The molecule has 0 radical (unpaired) electrons. The van der Waals surface area contributed by atoms with Crippen LogP contribution in [0.25, 0.3) is 11.3 Å². The predicted molar refractivity (Wildman–Crippen MR) is 154 cm³/mol. The lowest BCUT2D eigenvalue weighted by Gasteiger charge is -2.40. The first-order valence-electron chi connectivity index (χ1n) is 13.3. The first-order chi connectivity index (χ1) is 18.8. The summed E-state index contributed by atoms with van der Waals surface area (Å²) < 4.78 is 15.0. The maximum absolute atomic E-state index is 15.0. The summed E-state index contributed by atoms with van der Waals surface area (Å²) in [6.07, 6.45) is 4.00. The summed E-state index contributed by atoms with van der Waals surface area (Å²) in [5.74, 6) is 0.342. The standard InChI is InChI=1S/C30H33ClFN5O2/c1-19-17-35(3)14-15-36(19)29(33-2)22-16-23(31)28(27-24(32)11-7-13-26(27)39)34-30(22)37(18-38)25-12-5-4-10-21(25)20-8-6-9-20/h4-5,7,10-13,16,18-20,39H,6,8-9,14-15,17H2,1-3H3/b33-29+. The Labute approximate surface area is 233 Å². The number of amides is 1. The number of carbonyl (C=O) groups is 1. The maximum atomic E-state index is 15.0. The van der Waals surface area contributed by atoms with Crippen LogP contribution in [0.1, 0.15) is 43.2 Å². The van der Waals surface area contributed by atoms with Gasteiger partial charge in [-0.2, -0.15) is 0 Å². The molecule has 1 atom stereocenters. The molecular weight excluding hydrogens is 517 g/mol. The molecular formula is C30H33ClFN5O2. The number of carbonyl (C=O) groups excluding carboxylic acids is 1. The SMILES string of the molecule is C/N=C(\c1cc(Cl)c(-c2c(O)cccc2F)nc1N(C=O)c1ccccc1C1CCC1)N1CCN(C)CC1C. The fourth-order valence-electron chi connectivity index (χ4n) is 5.60. The molecule has 2 aromatic carbocycles. The molecule has 1 saturated heterocycles. The number of phenolic OH excluding ortho intramolecular Hbond substituents is 1. The molecule has 2 aliphatic rings. The molecule has 1 aromatic heterocycles. The second-order valence-corrected chi connectivity index (χ2v) is 10.7. The number of piperazine rings is 1. The van der Waals surface area contributed by atoms with Crippen molar-refractivity contribution in [3.8, 4) is 17.0 Å². The van der Waals surface area contributed by atoms with Crippen LogP contribution in [0.15, 0.2) is 53.5 Å². The van der Waals surface area contributed by atoms with Gasteiger partial charge < -0.3 is 14.9 Å². The summed E-state index contributed by atoms with van der Waals surface area (Å²) in [5.41, 5.74) is 2.29. The molecule has 39 heavy (non-hydrogen) atoms. The van der Waals surface area contributed by atoms with Crippen molar-refractivity contribution in [1.29, 1.82) is 0 Å². The Morgan fingerprint density at radius 2 is 1.97 bits per heavy atom. The van der Waals surface area contributed by atoms with Gasteiger partial charge in [-0.15, -0.1) is 0 Å². The number of hydrogen-bond donors (Lipinski definition) is 1. The lowest BCUT2D eigenvalue weighted by Crippen LogP contribution is -2.53. The topological polar surface area (TPSA) is 72.3 Å². The van der Waals surface area contributed by atoms with Gasteiger partial charge in [0.05, 0.1) is 27.5 Å². The van der Waals surface area contributed by atoms with E-state index in [0.29, 0.717) is 17.3 Å². The van der Waals surface area contributed by atoms with Crippen LogP contribution in [0.3, 0.4) is 0 Å². The Morgan fingerprint density at radius 3 is 2.62 bits per heavy atom. The number of aromatic hydroxyl groups is 1. The van der Waals surface area contributed by atoms with Gasteiger partial charge in [0.2, 0.25) is 6.41 Å². The van der Waals surface area contributed by atoms with Crippen LogP contribution in [0.2, 0.25) is 5.02 Å². The number of anilines is 2. The van der Waals surface area contributed by atoms with Crippen LogP contribution in [0.5, 0.6) is 5.75 Å². The zero-order valence-corrected chi connectivity index (χ0v) is 23.2. The fraction of sp³-hybridized carbons (Fsp3) is 0.367. The molecule has 5 rings (SSSR count). The zero-order chi connectivity index (χ0) is 27.7. The van der Waals surface area contributed by atoms with Crippen LogP contribution in [-0.4, -0.2) is 71.9 Å². The molecule has 2 heterocycles.